The van der Waals surface area contributed by atoms with Gasteiger partial charge in [-0.3, -0.25) is 4.21 Å². The van der Waals surface area contributed by atoms with E-state index in [1.54, 1.807) is 0 Å². The van der Waals surface area contributed by atoms with Gasteiger partial charge in [-0.05, 0) is 21.9 Å². The number of allylic oxidation sites excluding steroid dienone is 1. The zero-order valence-electron chi connectivity index (χ0n) is 12.8. The van der Waals surface area contributed by atoms with Crippen LogP contribution in [-0.4, -0.2) is 4.21 Å². The summed E-state index contributed by atoms with van der Waals surface area (Å²) in [7, 11) is -1.09. The fraction of sp³-hybridized carbons (Fsp3) is 0.263. The van der Waals surface area contributed by atoms with Crippen LogP contribution >= 0.6 is 0 Å². The van der Waals surface area contributed by atoms with Crippen molar-refractivity contribution in [3.63, 3.8) is 0 Å². The van der Waals surface area contributed by atoms with E-state index in [9.17, 15) is 4.21 Å². The molecule has 2 rings (SSSR count). The predicted octanol–water partition coefficient (Wildman–Crippen LogP) is 5.08. The van der Waals surface area contributed by atoms with Crippen molar-refractivity contribution in [1.29, 1.82) is 0 Å². The highest BCUT2D eigenvalue weighted by Crippen LogP contribution is 2.29. The van der Waals surface area contributed by atoms with Crippen molar-refractivity contribution in [3.05, 3.63) is 83.3 Å². The smallest absolute Gasteiger partial charge is 0.0887 e. The minimum absolute atomic E-state index is 0.0353. The molecule has 0 N–H and O–H groups in total. The maximum Gasteiger partial charge on any atom is 0.0887 e. The topological polar surface area (TPSA) is 17.1 Å². The second-order valence-electron chi connectivity index (χ2n) is 6.20. The third-order valence-corrected chi connectivity index (χ3v) is 4.55. The summed E-state index contributed by atoms with van der Waals surface area (Å²) in [5.41, 5.74) is 2.20. The molecule has 1 unspecified atom stereocenters. The molecule has 0 aliphatic carbocycles. The van der Waals surface area contributed by atoms with Gasteiger partial charge in [-0.2, -0.15) is 0 Å². The van der Waals surface area contributed by atoms with Crippen LogP contribution in [0.5, 0.6) is 0 Å². The largest absolute Gasteiger partial charge is 0.254 e. The number of hydrogen-bond donors (Lipinski definition) is 0. The summed E-state index contributed by atoms with van der Waals surface area (Å²) in [6, 6.07) is 20.1. The zero-order valence-corrected chi connectivity index (χ0v) is 13.6. The van der Waals surface area contributed by atoms with Crippen molar-refractivity contribution < 1.29 is 4.21 Å². The first kappa shape index (κ1) is 15.7. The van der Waals surface area contributed by atoms with E-state index in [0.717, 1.165) is 11.1 Å². The lowest BCUT2D eigenvalue weighted by atomic mass is 9.98. The first-order valence-electron chi connectivity index (χ1n) is 7.16. The number of hydrogen-bond acceptors (Lipinski definition) is 1. The fourth-order valence-corrected chi connectivity index (χ4v) is 3.62. The normalized spacial score (nSPS) is 13.7. The Labute approximate surface area is 130 Å². The van der Waals surface area contributed by atoms with Gasteiger partial charge in [0.05, 0.1) is 16.0 Å². The molecule has 0 saturated carbocycles. The standard InChI is InChI=1S/C19H22OS/c1-19(2,3)14-15-21(20)18(16-10-6-4-7-11-16)17-12-8-5-9-13-17/h4-15,18H,1-3H3/b15-14+. The van der Waals surface area contributed by atoms with Crippen molar-refractivity contribution >= 4 is 10.8 Å². The number of benzene rings is 2. The Hall–Kier alpha value is -1.67. The van der Waals surface area contributed by atoms with E-state index in [4.69, 9.17) is 0 Å². The predicted molar refractivity (Wildman–Crippen MR) is 91.5 cm³/mol. The van der Waals surface area contributed by atoms with Crippen molar-refractivity contribution in [1.82, 2.24) is 0 Å². The highest BCUT2D eigenvalue weighted by Gasteiger charge is 2.19. The molecular formula is C19H22OS. The van der Waals surface area contributed by atoms with Gasteiger partial charge in [0.25, 0.3) is 0 Å². The Morgan fingerprint density at radius 3 is 1.67 bits per heavy atom. The Balaban J connectivity index is 2.38. The second kappa shape index (κ2) is 6.86. The molecule has 110 valence electrons. The Morgan fingerprint density at radius 2 is 1.29 bits per heavy atom. The van der Waals surface area contributed by atoms with Crippen LogP contribution < -0.4 is 0 Å². The van der Waals surface area contributed by atoms with Crippen LogP contribution in [0.4, 0.5) is 0 Å². The summed E-state index contributed by atoms with van der Waals surface area (Å²) in [6.45, 7) is 6.34. The van der Waals surface area contributed by atoms with Gasteiger partial charge in [-0.15, -0.1) is 0 Å². The van der Waals surface area contributed by atoms with E-state index in [1.807, 2.05) is 72.1 Å². The zero-order chi connectivity index (χ0) is 15.3. The molecule has 2 aromatic carbocycles. The molecule has 2 heteroatoms. The SMILES string of the molecule is CC(C)(C)/C=C/S(=O)C(c1ccccc1)c1ccccc1. The summed E-state index contributed by atoms with van der Waals surface area (Å²) in [4.78, 5) is 0. The van der Waals surface area contributed by atoms with E-state index in [1.165, 1.54) is 0 Å². The van der Waals surface area contributed by atoms with Gasteiger partial charge < -0.3 is 0 Å². The third kappa shape index (κ3) is 4.68. The molecule has 0 aliphatic rings. The number of rotatable bonds is 4. The average Bonchev–Trinajstić information content (AvgIpc) is 2.47. The lowest BCUT2D eigenvalue weighted by Gasteiger charge is -2.17. The maximum absolute atomic E-state index is 12.8. The summed E-state index contributed by atoms with van der Waals surface area (Å²) >= 11 is 0. The molecule has 1 nitrogen and oxygen atoms in total. The average molecular weight is 298 g/mol. The molecule has 21 heavy (non-hydrogen) atoms. The van der Waals surface area contributed by atoms with Gasteiger partial charge in [0, 0.05) is 0 Å². The lowest BCUT2D eigenvalue weighted by Crippen LogP contribution is -2.08. The van der Waals surface area contributed by atoms with Crippen molar-refractivity contribution in [3.8, 4) is 0 Å². The van der Waals surface area contributed by atoms with E-state index < -0.39 is 10.8 Å². The molecule has 0 amide bonds. The van der Waals surface area contributed by atoms with Crippen molar-refractivity contribution in [2.45, 2.75) is 26.0 Å². The molecule has 2 aromatic rings. The first-order valence-corrected chi connectivity index (χ1v) is 8.43. The minimum atomic E-state index is -1.09. The van der Waals surface area contributed by atoms with Crippen LogP contribution in [0.15, 0.2) is 72.1 Å². The fourth-order valence-electron chi connectivity index (χ4n) is 2.07. The van der Waals surface area contributed by atoms with Crippen LogP contribution in [0, 0.1) is 5.41 Å². The van der Waals surface area contributed by atoms with Crippen molar-refractivity contribution in [2.24, 2.45) is 5.41 Å². The summed E-state index contributed by atoms with van der Waals surface area (Å²) in [5.74, 6) is 0. The van der Waals surface area contributed by atoms with Crippen LogP contribution in [0.1, 0.15) is 37.1 Å². The van der Waals surface area contributed by atoms with Gasteiger partial charge in [-0.1, -0.05) is 87.5 Å². The molecule has 0 fully saturated rings. The Morgan fingerprint density at radius 1 is 0.857 bits per heavy atom. The highest BCUT2D eigenvalue weighted by molar-refractivity contribution is 7.88. The third-order valence-electron chi connectivity index (χ3n) is 3.14. The van der Waals surface area contributed by atoms with E-state index in [0.29, 0.717) is 0 Å². The van der Waals surface area contributed by atoms with E-state index in [2.05, 4.69) is 20.8 Å². The van der Waals surface area contributed by atoms with Crippen LogP contribution in [0.2, 0.25) is 0 Å². The molecule has 0 heterocycles. The Kier molecular flexibility index (Phi) is 5.13. The monoisotopic (exact) mass is 298 g/mol. The van der Waals surface area contributed by atoms with Crippen LogP contribution in [0.25, 0.3) is 0 Å². The van der Waals surface area contributed by atoms with Gasteiger partial charge in [0.15, 0.2) is 0 Å². The summed E-state index contributed by atoms with van der Waals surface area (Å²) < 4.78 is 12.8. The van der Waals surface area contributed by atoms with Crippen molar-refractivity contribution in [2.75, 3.05) is 0 Å². The molecule has 0 spiro atoms. The second-order valence-corrected chi connectivity index (χ2v) is 7.60. The highest BCUT2D eigenvalue weighted by atomic mass is 32.2. The summed E-state index contributed by atoms with van der Waals surface area (Å²) in [5, 5.41) is 1.72. The maximum atomic E-state index is 12.8. The first-order chi connectivity index (χ1) is 9.97. The molecular weight excluding hydrogens is 276 g/mol. The molecule has 1 atom stereocenters. The molecule has 0 bridgehead atoms. The molecule has 0 radical (unpaired) electrons. The minimum Gasteiger partial charge on any atom is -0.254 e. The van der Waals surface area contributed by atoms with Gasteiger partial charge >= 0.3 is 0 Å². The molecule has 0 aromatic heterocycles. The van der Waals surface area contributed by atoms with E-state index in [-0.39, 0.29) is 10.7 Å². The Bertz CT molecular complexity index is 570. The van der Waals surface area contributed by atoms with Gasteiger partial charge in [-0.25, -0.2) is 0 Å². The quantitative estimate of drug-likeness (QED) is 0.769. The summed E-state index contributed by atoms with van der Waals surface area (Å²) in [6.07, 6.45) is 2.03. The van der Waals surface area contributed by atoms with Gasteiger partial charge in [0.2, 0.25) is 0 Å². The van der Waals surface area contributed by atoms with Gasteiger partial charge in [0.1, 0.15) is 0 Å². The molecule has 0 saturated heterocycles. The van der Waals surface area contributed by atoms with E-state index >= 15 is 0 Å². The van der Waals surface area contributed by atoms with Crippen LogP contribution in [0.3, 0.4) is 0 Å². The van der Waals surface area contributed by atoms with Crippen LogP contribution in [-0.2, 0) is 10.8 Å². The lowest BCUT2D eigenvalue weighted by molar-refractivity contribution is 0.544. The molecule has 0 aliphatic heterocycles.